The van der Waals surface area contributed by atoms with Gasteiger partial charge in [0.05, 0.1) is 55.5 Å². The van der Waals surface area contributed by atoms with E-state index in [2.05, 4.69) is 19.6 Å². The first-order valence-electron chi connectivity index (χ1n) is 15.7. The van der Waals surface area contributed by atoms with Crippen molar-refractivity contribution in [3.05, 3.63) is 72.1 Å². The quantitative estimate of drug-likeness (QED) is 0.249. The van der Waals surface area contributed by atoms with Crippen molar-refractivity contribution in [2.75, 3.05) is 45.8 Å². The van der Waals surface area contributed by atoms with E-state index in [4.69, 9.17) is 19.2 Å². The highest BCUT2D eigenvalue weighted by Gasteiger charge is 2.31. The van der Waals surface area contributed by atoms with Crippen molar-refractivity contribution in [2.45, 2.75) is 44.6 Å². The lowest BCUT2D eigenvalue weighted by Crippen LogP contribution is -2.44. The van der Waals surface area contributed by atoms with Crippen LogP contribution in [-0.2, 0) is 11.8 Å². The molecule has 0 atom stereocenters. The molecule has 4 heterocycles. The van der Waals surface area contributed by atoms with Gasteiger partial charge in [0.1, 0.15) is 23.0 Å². The Morgan fingerprint density at radius 2 is 1.78 bits per heavy atom. The monoisotopic (exact) mass is 608 g/mol. The number of aromatic nitrogens is 4. The fourth-order valence-corrected chi connectivity index (χ4v) is 7.21. The zero-order chi connectivity index (χ0) is 31.1. The van der Waals surface area contributed by atoms with Crippen molar-refractivity contribution in [1.82, 2.24) is 23.8 Å². The first-order valence-corrected chi connectivity index (χ1v) is 15.7. The minimum absolute atomic E-state index is 0.232. The van der Waals surface area contributed by atoms with Crippen LogP contribution in [-0.4, -0.2) is 76.3 Å². The molecule has 2 fully saturated rings. The Kier molecular flexibility index (Phi) is 7.93. The van der Waals surface area contributed by atoms with Gasteiger partial charge in [-0.3, -0.25) is 19.1 Å². The Labute approximate surface area is 262 Å². The highest BCUT2D eigenvalue weighted by molar-refractivity contribution is 6.08. The lowest BCUT2D eigenvalue weighted by molar-refractivity contribution is 0.00710. The number of morpholine rings is 1. The molecule has 5 aromatic rings. The van der Waals surface area contributed by atoms with Crippen LogP contribution in [0.3, 0.4) is 0 Å². The van der Waals surface area contributed by atoms with E-state index in [1.165, 1.54) is 12.8 Å². The number of fused-ring (bicyclic) bond motifs is 2. The van der Waals surface area contributed by atoms with E-state index < -0.39 is 0 Å². The van der Waals surface area contributed by atoms with Gasteiger partial charge in [0.15, 0.2) is 0 Å². The van der Waals surface area contributed by atoms with Crippen LogP contribution in [0.5, 0.6) is 11.5 Å². The van der Waals surface area contributed by atoms with Gasteiger partial charge in [0.25, 0.3) is 5.91 Å². The predicted molar refractivity (Wildman–Crippen MR) is 175 cm³/mol. The first kappa shape index (κ1) is 29.3. The number of aryl methyl sites for hydroxylation is 2. The van der Waals surface area contributed by atoms with Crippen molar-refractivity contribution in [3.8, 4) is 22.8 Å². The summed E-state index contributed by atoms with van der Waals surface area (Å²) in [6.45, 7) is 5.77. The maximum atomic E-state index is 13.5. The fraction of sp³-hybridized carbons (Fsp3) is 0.400. The summed E-state index contributed by atoms with van der Waals surface area (Å²) in [6.07, 6.45) is 8.45. The van der Waals surface area contributed by atoms with E-state index >= 15 is 0 Å². The summed E-state index contributed by atoms with van der Waals surface area (Å²) in [7, 11) is 5.13. The number of rotatable bonds is 7. The molecule has 2 aliphatic rings. The highest BCUT2D eigenvalue weighted by atomic mass is 16.5. The second-order valence-electron chi connectivity index (χ2n) is 12.1. The molecule has 1 amide bonds. The third-order valence-corrected chi connectivity index (χ3v) is 9.61. The van der Waals surface area contributed by atoms with Gasteiger partial charge in [-0.2, -0.15) is 0 Å². The van der Waals surface area contributed by atoms with Crippen LogP contribution in [0.1, 0.15) is 53.6 Å². The molecule has 0 bridgehead atoms. The summed E-state index contributed by atoms with van der Waals surface area (Å²) in [6, 6.07) is 14.1. The number of hydrogen-bond acceptors (Lipinski definition) is 7. The van der Waals surface area contributed by atoms with Gasteiger partial charge in [-0.15, -0.1) is 0 Å². The zero-order valence-corrected chi connectivity index (χ0v) is 26.4. The number of hydrogen-bond donors (Lipinski definition) is 1. The molecule has 0 spiro atoms. The van der Waals surface area contributed by atoms with Crippen LogP contribution in [0.15, 0.2) is 54.9 Å². The molecule has 10 heteroatoms. The smallest absolute Gasteiger partial charge is 0.272 e. The molecule has 1 aliphatic heterocycles. The maximum absolute atomic E-state index is 13.5. The number of ether oxygens (including phenoxy) is 3. The van der Waals surface area contributed by atoms with E-state index in [-0.39, 0.29) is 5.91 Å². The van der Waals surface area contributed by atoms with Gasteiger partial charge < -0.3 is 24.1 Å². The highest BCUT2D eigenvalue weighted by Crippen LogP contribution is 2.39. The van der Waals surface area contributed by atoms with Crippen LogP contribution in [0, 0.1) is 6.92 Å². The zero-order valence-electron chi connectivity index (χ0n) is 26.4. The van der Waals surface area contributed by atoms with Gasteiger partial charge in [-0.25, -0.2) is 4.98 Å². The van der Waals surface area contributed by atoms with E-state index in [9.17, 15) is 4.79 Å². The average molecular weight is 609 g/mol. The largest absolute Gasteiger partial charge is 0.496 e. The number of nitrogens with one attached hydrogen (secondary N) is 1. The Morgan fingerprint density at radius 3 is 2.53 bits per heavy atom. The molecule has 1 N–H and O–H groups in total. The summed E-state index contributed by atoms with van der Waals surface area (Å²) in [5.41, 5.74) is 5.76. The summed E-state index contributed by atoms with van der Waals surface area (Å²) >= 11 is 0. The topological polar surface area (TPSA) is 95.2 Å². The number of nitrogens with zero attached hydrogens (tertiary/aromatic N) is 5. The molecule has 0 unspecified atom stereocenters. The molecule has 1 saturated carbocycles. The van der Waals surface area contributed by atoms with E-state index in [1.54, 1.807) is 14.2 Å². The van der Waals surface area contributed by atoms with Gasteiger partial charge in [0.2, 0.25) is 0 Å². The van der Waals surface area contributed by atoms with E-state index in [0.29, 0.717) is 29.1 Å². The third kappa shape index (κ3) is 5.32. The SMILES string of the molecule is COc1cc(-c2nc([C@H]3CC[C@@H](N4CCOCC4)CC3)n3ccnc(C)c23)ccc1NC(=O)c1cc2c(OC)cccc2n1C. The standard InChI is InChI=1S/C35H40N6O4/c1-22-33-32(38-34(41(33)15-14-36-22)23-8-11-25(12-9-23)40-16-18-45-19-17-40)24-10-13-27(31(20-24)44-4)37-35(42)29-21-26-28(39(29)2)6-5-7-30(26)43-3/h5-7,10,13-15,20-21,23,25H,8-9,11-12,16-19H2,1-4H3,(H,37,42)/t23-,25+. The van der Waals surface area contributed by atoms with Crippen molar-refractivity contribution in [3.63, 3.8) is 0 Å². The van der Waals surface area contributed by atoms with Gasteiger partial charge in [-0.05, 0) is 62.9 Å². The second kappa shape index (κ2) is 12.2. The molecular weight excluding hydrogens is 568 g/mol. The maximum Gasteiger partial charge on any atom is 0.272 e. The Hall–Kier alpha value is -4.41. The lowest BCUT2D eigenvalue weighted by atomic mass is 9.84. The van der Waals surface area contributed by atoms with E-state index in [0.717, 1.165) is 84.1 Å². The summed E-state index contributed by atoms with van der Waals surface area (Å²) in [4.78, 5) is 26.0. The van der Waals surface area contributed by atoms with Crippen LogP contribution in [0.4, 0.5) is 5.69 Å². The average Bonchev–Trinajstić information content (AvgIpc) is 3.64. The minimum Gasteiger partial charge on any atom is -0.496 e. The van der Waals surface area contributed by atoms with Gasteiger partial charge in [0, 0.05) is 55.4 Å². The Balaban J connectivity index is 1.17. The third-order valence-electron chi connectivity index (χ3n) is 9.61. The second-order valence-corrected chi connectivity index (χ2v) is 12.1. The van der Waals surface area contributed by atoms with Crippen LogP contribution >= 0.6 is 0 Å². The van der Waals surface area contributed by atoms with Gasteiger partial charge >= 0.3 is 0 Å². The molecule has 45 heavy (non-hydrogen) atoms. The number of carbonyl (C=O) groups is 1. The molecule has 7 rings (SSSR count). The molecular formula is C35H40N6O4. The van der Waals surface area contributed by atoms with Crippen LogP contribution in [0.2, 0.25) is 0 Å². The molecule has 234 valence electrons. The molecule has 10 nitrogen and oxygen atoms in total. The number of amides is 1. The molecule has 2 aromatic carbocycles. The van der Waals surface area contributed by atoms with Crippen LogP contribution < -0.4 is 14.8 Å². The van der Waals surface area contributed by atoms with Gasteiger partial charge in [-0.1, -0.05) is 12.1 Å². The predicted octanol–water partition coefficient (Wildman–Crippen LogP) is 5.82. The molecule has 0 radical (unpaired) electrons. The van der Waals surface area contributed by atoms with Crippen molar-refractivity contribution < 1.29 is 19.0 Å². The Bertz CT molecular complexity index is 1860. The molecule has 1 saturated heterocycles. The molecule has 3 aromatic heterocycles. The Morgan fingerprint density at radius 1 is 1.00 bits per heavy atom. The van der Waals surface area contributed by atoms with Crippen molar-refractivity contribution in [2.24, 2.45) is 7.05 Å². The number of methoxy groups -OCH3 is 2. The lowest BCUT2D eigenvalue weighted by Gasteiger charge is -2.38. The number of benzene rings is 2. The summed E-state index contributed by atoms with van der Waals surface area (Å²) in [5.74, 6) is 2.53. The minimum atomic E-state index is -0.232. The number of imidazole rings is 1. The summed E-state index contributed by atoms with van der Waals surface area (Å²) in [5, 5.41) is 3.94. The summed E-state index contributed by atoms with van der Waals surface area (Å²) < 4.78 is 21.0. The van der Waals surface area contributed by atoms with Crippen molar-refractivity contribution in [1.29, 1.82) is 0 Å². The molecule has 1 aliphatic carbocycles. The fourth-order valence-electron chi connectivity index (χ4n) is 7.21. The number of carbonyl (C=O) groups excluding carboxylic acids is 1. The van der Waals surface area contributed by atoms with E-state index in [1.807, 2.05) is 73.4 Å². The normalized spacial score (nSPS) is 19.2. The first-order chi connectivity index (χ1) is 22.0. The van der Waals surface area contributed by atoms with Crippen LogP contribution in [0.25, 0.3) is 27.7 Å². The van der Waals surface area contributed by atoms with Crippen molar-refractivity contribution >= 4 is 28.0 Å². The number of anilines is 1.